The smallest absolute Gasteiger partial charge is 0.298 e. The van der Waals surface area contributed by atoms with E-state index in [1.165, 1.54) is 11.5 Å². The zero-order valence-corrected chi connectivity index (χ0v) is 13.7. The number of nitrogens with zero attached hydrogens (tertiary/aromatic N) is 2. The Labute approximate surface area is 125 Å². The molecule has 0 unspecified atom stereocenters. The highest BCUT2D eigenvalue weighted by atomic mass is 79.9. The zero-order valence-electron chi connectivity index (χ0n) is 11.3. The molecule has 4 nitrogen and oxygen atoms in total. The van der Waals surface area contributed by atoms with Crippen molar-refractivity contribution in [1.29, 1.82) is 0 Å². The Balaban J connectivity index is 2.30. The van der Waals surface area contributed by atoms with Crippen LogP contribution in [0.25, 0.3) is 0 Å². The maximum atomic E-state index is 5.96. The molecule has 102 valence electrons. The summed E-state index contributed by atoms with van der Waals surface area (Å²) in [4.78, 5) is 4.40. The number of hydrogen-bond acceptors (Lipinski definition) is 5. The molecule has 0 atom stereocenters. The van der Waals surface area contributed by atoms with Gasteiger partial charge >= 0.3 is 0 Å². The number of ether oxygens (including phenoxy) is 1. The Kier molecular flexibility index (Phi) is 3.82. The molecular formula is C13H16BrN3OS. The molecule has 0 spiro atoms. The van der Waals surface area contributed by atoms with Crippen LogP contribution in [0.3, 0.4) is 0 Å². The fourth-order valence-electron chi connectivity index (χ4n) is 1.54. The standard InChI is InChI=1S/C13H16BrN3OS/c1-7-5-8(14)6-9(15)10(7)18-12-16-11(17-19-12)13(2,3)4/h5-6H,15H2,1-4H3. The summed E-state index contributed by atoms with van der Waals surface area (Å²) in [7, 11) is 0. The number of hydrogen-bond donors (Lipinski definition) is 1. The maximum Gasteiger partial charge on any atom is 0.298 e. The maximum absolute atomic E-state index is 5.96. The van der Waals surface area contributed by atoms with Gasteiger partial charge in [0.2, 0.25) is 0 Å². The summed E-state index contributed by atoms with van der Waals surface area (Å²) < 4.78 is 11.0. The van der Waals surface area contributed by atoms with Gasteiger partial charge in [0.25, 0.3) is 5.19 Å². The number of halogens is 1. The van der Waals surface area contributed by atoms with Gasteiger partial charge in [-0.15, -0.1) is 0 Å². The molecule has 6 heteroatoms. The lowest BCUT2D eigenvalue weighted by molar-refractivity contribution is 0.467. The second-order valence-electron chi connectivity index (χ2n) is 5.38. The predicted octanol–water partition coefficient (Wildman–Crippen LogP) is 4.28. The van der Waals surface area contributed by atoms with Gasteiger partial charge in [0.15, 0.2) is 11.6 Å². The molecule has 0 aliphatic carbocycles. The van der Waals surface area contributed by atoms with Gasteiger partial charge in [0.1, 0.15) is 0 Å². The summed E-state index contributed by atoms with van der Waals surface area (Å²) in [6, 6.07) is 3.77. The summed E-state index contributed by atoms with van der Waals surface area (Å²) in [5, 5.41) is 0.516. The fourth-order valence-corrected chi connectivity index (χ4v) is 2.86. The monoisotopic (exact) mass is 341 g/mol. The molecule has 19 heavy (non-hydrogen) atoms. The first-order chi connectivity index (χ1) is 8.77. The fraction of sp³-hybridized carbons (Fsp3) is 0.385. The Hall–Kier alpha value is -1.14. The van der Waals surface area contributed by atoms with Crippen molar-refractivity contribution in [2.75, 3.05) is 5.73 Å². The molecule has 0 saturated carbocycles. The van der Waals surface area contributed by atoms with E-state index in [1.807, 2.05) is 19.1 Å². The van der Waals surface area contributed by atoms with Gasteiger partial charge in [-0.1, -0.05) is 36.7 Å². The quantitative estimate of drug-likeness (QED) is 0.828. The summed E-state index contributed by atoms with van der Waals surface area (Å²) in [5.41, 5.74) is 7.42. The lowest BCUT2D eigenvalue weighted by Crippen LogP contribution is -2.12. The van der Waals surface area contributed by atoms with Crippen molar-refractivity contribution >= 4 is 33.1 Å². The van der Waals surface area contributed by atoms with Gasteiger partial charge in [-0.25, -0.2) is 0 Å². The van der Waals surface area contributed by atoms with E-state index in [2.05, 4.69) is 46.1 Å². The lowest BCUT2D eigenvalue weighted by atomic mass is 9.96. The third kappa shape index (κ3) is 3.25. The van der Waals surface area contributed by atoms with E-state index in [0.29, 0.717) is 16.6 Å². The van der Waals surface area contributed by atoms with E-state index >= 15 is 0 Å². The van der Waals surface area contributed by atoms with Gasteiger partial charge in [-0.3, -0.25) is 0 Å². The van der Waals surface area contributed by atoms with Crippen molar-refractivity contribution in [3.05, 3.63) is 28.0 Å². The van der Waals surface area contributed by atoms with Crippen LogP contribution in [0.1, 0.15) is 32.2 Å². The number of anilines is 1. The molecular weight excluding hydrogens is 326 g/mol. The van der Waals surface area contributed by atoms with Gasteiger partial charge < -0.3 is 10.5 Å². The number of benzene rings is 1. The van der Waals surface area contributed by atoms with E-state index in [-0.39, 0.29) is 5.41 Å². The van der Waals surface area contributed by atoms with E-state index < -0.39 is 0 Å². The molecule has 1 heterocycles. The average Bonchev–Trinajstić information content (AvgIpc) is 2.71. The van der Waals surface area contributed by atoms with Crippen LogP contribution in [0, 0.1) is 6.92 Å². The minimum absolute atomic E-state index is 0.0849. The van der Waals surface area contributed by atoms with Crippen LogP contribution in [0.15, 0.2) is 16.6 Å². The van der Waals surface area contributed by atoms with Gasteiger partial charge in [0, 0.05) is 21.4 Å². The van der Waals surface area contributed by atoms with Gasteiger partial charge in [-0.2, -0.15) is 9.36 Å². The summed E-state index contributed by atoms with van der Waals surface area (Å²) >= 11 is 4.64. The number of rotatable bonds is 2. The third-order valence-electron chi connectivity index (χ3n) is 2.54. The second-order valence-corrected chi connectivity index (χ2v) is 7.01. The number of nitrogens with two attached hydrogens (primary N) is 1. The van der Waals surface area contributed by atoms with Crippen LogP contribution < -0.4 is 10.5 Å². The van der Waals surface area contributed by atoms with Crippen molar-refractivity contribution in [3.63, 3.8) is 0 Å². The van der Waals surface area contributed by atoms with Gasteiger partial charge in [0.05, 0.1) is 5.69 Å². The molecule has 1 aromatic heterocycles. The zero-order chi connectivity index (χ0) is 14.2. The van der Waals surface area contributed by atoms with Crippen LogP contribution in [-0.4, -0.2) is 9.36 Å². The van der Waals surface area contributed by atoms with Crippen molar-refractivity contribution in [1.82, 2.24) is 9.36 Å². The molecule has 1 aromatic carbocycles. The topological polar surface area (TPSA) is 61.0 Å². The summed E-state index contributed by atoms with van der Waals surface area (Å²) in [5.74, 6) is 1.42. The highest BCUT2D eigenvalue weighted by molar-refractivity contribution is 9.10. The molecule has 0 fully saturated rings. The lowest BCUT2D eigenvalue weighted by Gasteiger charge is -2.12. The number of nitrogen functional groups attached to an aromatic ring is 1. The first-order valence-electron chi connectivity index (χ1n) is 5.85. The second kappa shape index (κ2) is 5.09. The van der Waals surface area contributed by atoms with Crippen molar-refractivity contribution in [2.45, 2.75) is 33.1 Å². The molecule has 0 radical (unpaired) electrons. The predicted molar refractivity (Wildman–Crippen MR) is 82.0 cm³/mol. The Morgan fingerprint density at radius 2 is 2.00 bits per heavy atom. The van der Waals surface area contributed by atoms with Crippen molar-refractivity contribution < 1.29 is 4.74 Å². The SMILES string of the molecule is Cc1cc(Br)cc(N)c1Oc1nc(C(C)(C)C)ns1. The molecule has 0 saturated heterocycles. The molecule has 0 aliphatic rings. The van der Waals surface area contributed by atoms with Crippen molar-refractivity contribution in [3.8, 4) is 10.9 Å². The minimum Gasteiger partial charge on any atom is -0.427 e. The highest BCUT2D eigenvalue weighted by Gasteiger charge is 2.21. The largest absolute Gasteiger partial charge is 0.427 e. The Morgan fingerprint density at radius 1 is 1.32 bits per heavy atom. The molecule has 2 aromatic rings. The van der Waals surface area contributed by atoms with Crippen LogP contribution in [0.2, 0.25) is 0 Å². The number of aromatic nitrogens is 2. The van der Waals surface area contributed by atoms with E-state index in [4.69, 9.17) is 10.5 Å². The Bertz CT molecular complexity index is 581. The molecule has 2 N–H and O–H groups in total. The normalized spacial score (nSPS) is 11.6. The molecule has 2 rings (SSSR count). The van der Waals surface area contributed by atoms with Crippen LogP contribution in [-0.2, 0) is 5.41 Å². The minimum atomic E-state index is -0.0849. The van der Waals surface area contributed by atoms with Crippen LogP contribution in [0.5, 0.6) is 10.9 Å². The van der Waals surface area contributed by atoms with E-state index in [9.17, 15) is 0 Å². The van der Waals surface area contributed by atoms with Gasteiger partial charge in [-0.05, 0) is 24.6 Å². The summed E-state index contributed by atoms with van der Waals surface area (Å²) in [6.45, 7) is 8.15. The molecule has 0 bridgehead atoms. The first-order valence-corrected chi connectivity index (χ1v) is 7.41. The van der Waals surface area contributed by atoms with Crippen LogP contribution >= 0.6 is 27.5 Å². The summed E-state index contributed by atoms with van der Waals surface area (Å²) in [6.07, 6.45) is 0. The first kappa shape index (κ1) is 14.3. The molecule has 0 aliphatic heterocycles. The van der Waals surface area contributed by atoms with E-state index in [1.54, 1.807) is 0 Å². The molecule has 0 amide bonds. The van der Waals surface area contributed by atoms with Crippen LogP contribution in [0.4, 0.5) is 5.69 Å². The highest BCUT2D eigenvalue weighted by Crippen LogP contribution is 2.35. The third-order valence-corrected chi connectivity index (χ3v) is 3.59. The van der Waals surface area contributed by atoms with Crippen molar-refractivity contribution in [2.24, 2.45) is 0 Å². The Morgan fingerprint density at radius 3 is 2.53 bits per heavy atom. The number of aryl methyl sites for hydroxylation is 1. The average molecular weight is 342 g/mol. The van der Waals surface area contributed by atoms with E-state index in [0.717, 1.165) is 15.9 Å².